The fourth-order valence-corrected chi connectivity index (χ4v) is 7.48. The van der Waals surface area contributed by atoms with Crippen LogP contribution in [0.4, 0.5) is 0 Å². The van der Waals surface area contributed by atoms with Crippen LogP contribution in [0.2, 0.25) is 0 Å². The minimum Gasteiger partial charge on any atom is -0.456 e. The summed E-state index contributed by atoms with van der Waals surface area (Å²) < 4.78 is 6.22. The van der Waals surface area contributed by atoms with Gasteiger partial charge in [0.25, 0.3) is 0 Å². The van der Waals surface area contributed by atoms with E-state index in [9.17, 15) is 0 Å². The van der Waals surface area contributed by atoms with Gasteiger partial charge in [0.15, 0.2) is 5.82 Å². The molecule has 0 atom stereocenters. The van der Waals surface area contributed by atoms with Crippen molar-refractivity contribution in [1.29, 1.82) is 0 Å². The van der Waals surface area contributed by atoms with Gasteiger partial charge in [-0.25, -0.2) is 9.97 Å². The van der Waals surface area contributed by atoms with Crippen LogP contribution in [-0.2, 0) is 0 Å². The van der Waals surface area contributed by atoms with Crippen molar-refractivity contribution in [2.75, 3.05) is 0 Å². The van der Waals surface area contributed by atoms with Gasteiger partial charge in [0.2, 0.25) is 0 Å². The standard InChI is InChI=1S/C52H34N2O/c1-5-15-35(16-6-1)40-27-41(36-17-7-2-8-18-36)30-44(29-40)49-34-48(39-25-26-51-47(33-39)46-23-13-14-24-50(46)55-51)53-52(54-49)45-31-42(37-19-9-3-10-20-37)28-43(32-45)38-21-11-4-12-22-38/h1-34H. The maximum Gasteiger partial charge on any atom is 0.160 e. The van der Waals surface area contributed by atoms with Crippen LogP contribution in [0.1, 0.15) is 0 Å². The smallest absolute Gasteiger partial charge is 0.160 e. The lowest BCUT2D eigenvalue weighted by Gasteiger charge is -2.15. The van der Waals surface area contributed by atoms with E-state index >= 15 is 0 Å². The largest absolute Gasteiger partial charge is 0.456 e. The molecular formula is C52H34N2O. The third-order valence-corrected chi connectivity index (χ3v) is 10.2. The second-order valence-corrected chi connectivity index (χ2v) is 13.8. The Balaban J connectivity index is 1.23. The zero-order valence-corrected chi connectivity index (χ0v) is 29.9. The van der Waals surface area contributed by atoms with Gasteiger partial charge in [-0.15, -0.1) is 0 Å². The molecule has 10 rings (SSSR count). The third kappa shape index (κ3) is 6.39. The van der Waals surface area contributed by atoms with Crippen molar-refractivity contribution in [1.82, 2.24) is 9.97 Å². The van der Waals surface area contributed by atoms with Gasteiger partial charge in [-0.05, 0) is 111 Å². The van der Waals surface area contributed by atoms with E-state index in [1.165, 1.54) is 0 Å². The molecule has 2 heterocycles. The van der Waals surface area contributed by atoms with Crippen molar-refractivity contribution >= 4 is 21.9 Å². The summed E-state index contributed by atoms with van der Waals surface area (Å²) in [6.45, 7) is 0. The molecule has 258 valence electrons. The Morgan fingerprint density at radius 1 is 0.255 bits per heavy atom. The van der Waals surface area contributed by atoms with Crippen molar-refractivity contribution in [3.05, 3.63) is 206 Å². The first-order valence-corrected chi connectivity index (χ1v) is 18.6. The van der Waals surface area contributed by atoms with E-state index in [1.807, 2.05) is 12.1 Å². The predicted molar refractivity (Wildman–Crippen MR) is 227 cm³/mol. The highest BCUT2D eigenvalue weighted by Crippen LogP contribution is 2.38. The summed E-state index contributed by atoms with van der Waals surface area (Å²) in [7, 11) is 0. The molecule has 0 unspecified atom stereocenters. The number of benzene rings is 8. The van der Waals surface area contributed by atoms with Crippen LogP contribution in [0, 0.1) is 0 Å². The highest BCUT2D eigenvalue weighted by atomic mass is 16.3. The Hall–Kier alpha value is -7.36. The minimum absolute atomic E-state index is 0.658. The molecule has 10 aromatic rings. The van der Waals surface area contributed by atoms with Crippen LogP contribution < -0.4 is 0 Å². The molecule has 2 aromatic heterocycles. The minimum atomic E-state index is 0.658. The van der Waals surface area contributed by atoms with Crippen LogP contribution in [0.25, 0.3) is 100 Å². The molecule has 0 amide bonds. The molecule has 0 bridgehead atoms. The van der Waals surface area contributed by atoms with Gasteiger partial charge in [0.1, 0.15) is 11.2 Å². The van der Waals surface area contributed by atoms with Crippen LogP contribution in [0.5, 0.6) is 0 Å². The Morgan fingerprint density at radius 3 is 1.16 bits per heavy atom. The number of hydrogen-bond donors (Lipinski definition) is 0. The molecule has 0 radical (unpaired) electrons. The van der Waals surface area contributed by atoms with Crippen LogP contribution in [-0.4, -0.2) is 9.97 Å². The monoisotopic (exact) mass is 702 g/mol. The van der Waals surface area contributed by atoms with E-state index in [-0.39, 0.29) is 0 Å². The number of para-hydroxylation sites is 1. The van der Waals surface area contributed by atoms with Crippen molar-refractivity contribution in [2.45, 2.75) is 0 Å². The highest BCUT2D eigenvalue weighted by Gasteiger charge is 2.17. The first kappa shape index (κ1) is 32.3. The summed E-state index contributed by atoms with van der Waals surface area (Å²) in [5, 5.41) is 2.14. The van der Waals surface area contributed by atoms with E-state index in [4.69, 9.17) is 14.4 Å². The molecule has 8 aromatic carbocycles. The number of aromatic nitrogens is 2. The molecule has 0 aliphatic carbocycles. The Bertz CT molecular complexity index is 2690. The topological polar surface area (TPSA) is 38.9 Å². The average Bonchev–Trinajstić information content (AvgIpc) is 3.65. The summed E-state index contributed by atoms with van der Waals surface area (Å²) >= 11 is 0. The summed E-state index contributed by atoms with van der Waals surface area (Å²) in [5.74, 6) is 0.658. The first-order valence-electron chi connectivity index (χ1n) is 18.6. The van der Waals surface area contributed by atoms with Crippen LogP contribution in [0.3, 0.4) is 0 Å². The number of hydrogen-bond acceptors (Lipinski definition) is 3. The van der Waals surface area contributed by atoms with Gasteiger partial charge in [-0.2, -0.15) is 0 Å². The molecular weight excluding hydrogens is 669 g/mol. The van der Waals surface area contributed by atoms with Crippen molar-refractivity contribution in [2.24, 2.45) is 0 Å². The molecule has 3 nitrogen and oxygen atoms in total. The van der Waals surface area contributed by atoms with Gasteiger partial charge in [-0.1, -0.05) is 140 Å². The second-order valence-electron chi connectivity index (χ2n) is 13.8. The molecule has 0 spiro atoms. The van der Waals surface area contributed by atoms with Gasteiger partial charge in [0, 0.05) is 27.5 Å². The fourth-order valence-electron chi connectivity index (χ4n) is 7.48. The van der Waals surface area contributed by atoms with Crippen molar-refractivity contribution in [3.8, 4) is 78.4 Å². The SMILES string of the molecule is c1ccc(-c2cc(-c3ccccc3)cc(-c3cc(-c4ccc5oc6ccccc6c5c4)nc(-c4cc(-c5ccccc5)cc(-c5ccccc5)c4)n3)c2)cc1. The second kappa shape index (κ2) is 13.9. The molecule has 0 aliphatic rings. The lowest BCUT2D eigenvalue weighted by atomic mass is 9.94. The zero-order chi connectivity index (χ0) is 36.6. The maximum absolute atomic E-state index is 6.22. The summed E-state index contributed by atoms with van der Waals surface area (Å²) in [6.07, 6.45) is 0. The Morgan fingerprint density at radius 2 is 0.655 bits per heavy atom. The van der Waals surface area contributed by atoms with E-state index in [1.54, 1.807) is 0 Å². The molecule has 0 fully saturated rings. The summed E-state index contributed by atoms with van der Waals surface area (Å²) in [4.78, 5) is 10.8. The fraction of sp³-hybridized carbons (Fsp3) is 0. The first-order chi connectivity index (χ1) is 27.2. The molecule has 0 aliphatic heterocycles. The lowest BCUT2D eigenvalue weighted by Crippen LogP contribution is -1.97. The normalized spacial score (nSPS) is 11.3. The van der Waals surface area contributed by atoms with Crippen LogP contribution in [0.15, 0.2) is 211 Å². The van der Waals surface area contributed by atoms with Gasteiger partial charge >= 0.3 is 0 Å². The number of furan rings is 1. The maximum atomic E-state index is 6.22. The number of nitrogens with zero attached hydrogens (tertiary/aromatic N) is 2. The third-order valence-electron chi connectivity index (χ3n) is 10.2. The zero-order valence-electron chi connectivity index (χ0n) is 29.9. The van der Waals surface area contributed by atoms with E-state index in [2.05, 4.69) is 194 Å². The number of fused-ring (bicyclic) bond motifs is 3. The van der Waals surface area contributed by atoms with E-state index in [0.717, 1.165) is 94.5 Å². The lowest BCUT2D eigenvalue weighted by molar-refractivity contribution is 0.669. The van der Waals surface area contributed by atoms with Crippen molar-refractivity contribution < 1.29 is 4.42 Å². The summed E-state index contributed by atoms with van der Waals surface area (Å²) in [5.41, 5.74) is 15.4. The Labute approximate surface area is 319 Å². The molecule has 0 saturated carbocycles. The van der Waals surface area contributed by atoms with E-state index < -0.39 is 0 Å². The average molecular weight is 703 g/mol. The quantitative estimate of drug-likeness (QED) is 0.166. The number of rotatable bonds is 7. The van der Waals surface area contributed by atoms with E-state index in [0.29, 0.717) is 5.82 Å². The molecule has 0 N–H and O–H groups in total. The highest BCUT2D eigenvalue weighted by molar-refractivity contribution is 6.06. The van der Waals surface area contributed by atoms with Crippen molar-refractivity contribution in [3.63, 3.8) is 0 Å². The van der Waals surface area contributed by atoms with Gasteiger partial charge in [-0.3, -0.25) is 0 Å². The Kier molecular flexibility index (Phi) is 8.16. The predicted octanol–water partition coefficient (Wildman–Crippen LogP) is 14.0. The molecule has 3 heteroatoms. The summed E-state index contributed by atoms with van der Waals surface area (Å²) in [6, 6.07) is 72.3. The molecule has 0 saturated heterocycles. The molecule has 55 heavy (non-hydrogen) atoms. The van der Waals surface area contributed by atoms with Gasteiger partial charge < -0.3 is 4.42 Å². The van der Waals surface area contributed by atoms with Crippen LogP contribution >= 0.6 is 0 Å². The van der Waals surface area contributed by atoms with Gasteiger partial charge in [0.05, 0.1) is 11.4 Å².